The van der Waals surface area contributed by atoms with Gasteiger partial charge in [-0.2, -0.15) is 0 Å². The molecular formula is C15H29ClN2O2. The molecule has 0 radical (unpaired) electrons. The Morgan fingerprint density at radius 3 is 2.75 bits per heavy atom. The zero-order valence-electron chi connectivity index (χ0n) is 12.9. The maximum Gasteiger partial charge on any atom is 0.237 e. The summed E-state index contributed by atoms with van der Waals surface area (Å²) in [5.74, 6) is 0.169. The number of carbonyl (C=O) groups excluding carboxylic acids is 1. The van der Waals surface area contributed by atoms with Gasteiger partial charge in [-0.05, 0) is 32.2 Å². The van der Waals surface area contributed by atoms with Gasteiger partial charge in [-0.1, -0.05) is 27.2 Å². The van der Waals surface area contributed by atoms with E-state index in [1.54, 1.807) is 0 Å². The number of hydrogen-bond acceptors (Lipinski definition) is 3. The van der Waals surface area contributed by atoms with E-state index in [1.165, 1.54) is 6.42 Å². The van der Waals surface area contributed by atoms with Gasteiger partial charge in [0.1, 0.15) is 0 Å². The molecule has 0 spiro atoms. The molecule has 2 aliphatic rings. The minimum atomic E-state index is 0. The molecule has 1 aliphatic heterocycles. The molecule has 2 fully saturated rings. The van der Waals surface area contributed by atoms with Gasteiger partial charge in [-0.3, -0.25) is 4.79 Å². The molecule has 2 rings (SSSR count). The van der Waals surface area contributed by atoms with Gasteiger partial charge in [0, 0.05) is 18.1 Å². The highest BCUT2D eigenvalue weighted by molar-refractivity contribution is 5.85. The fraction of sp³-hybridized carbons (Fsp3) is 0.933. The molecule has 0 aromatic heterocycles. The van der Waals surface area contributed by atoms with Crippen LogP contribution in [0.15, 0.2) is 0 Å². The normalized spacial score (nSPS) is 31.2. The highest BCUT2D eigenvalue weighted by atomic mass is 35.5. The van der Waals surface area contributed by atoms with Crippen molar-refractivity contribution in [2.45, 2.75) is 71.1 Å². The van der Waals surface area contributed by atoms with Crippen LogP contribution in [0.5, 0.6) is 0 Å². The molecule has 0 bridgehead atoms. The first-order valence-corrected chi connectivity index (χ1v) is 7.71. The van der Waals surface area contributed by atoms with Crippen LogP contribution in [0.25, 0.3) is 0 Å². The first-order valence-electron chi connectivity index (χ1n) is 7.71. The van der Waals surface area contributed by atoms with E-state index >= 15 is 0 Å². The first kappa shape index (κ1) is 17.7. The Labute approximate surface area is 128 Å². The van der Waals surface area contributed by atoms with Crippen molar-refractivity contribution < 1.29 is 9.53 Å². The lowest BCUT2D eigenvalue weighted by Crippen LogP contribution is -2.63. The average Bonchev–Trinajstić information content (AvgIpc) is 2.90. The monoisotopic (exact) mass is 304 g/mol. The predicted molar refractivity (Wildman–Crippen MR) is 83.2 cm³/mol. The van der Waals surface area contributed by atoms with Gasteiger partial charge in [0.25, 0.3) is 0 Å². The van der Waals surface area contributed by atoms with E-state index in [0.717, 1.165) is 38.8 Å². The number of halogens is 1. The second kappa shape index (κ2) is 7.62. The van der Waals surface area contributed by atoms with Crippen LogP contribution in [0.4, 0.5) is 0 Å². The summed E-state index contributed by atoms with van der Waals surface area (Å²) in [6, 6.07) is 0.282. The molecule has 1 aliphatic carbocycles. The lowest BCUT2D eigenvalue weighted by molar-refractivity contribution is -0.139. The van der Waals surface area contributed by atoms with E-state index in [0.29, 0.717) is 6.10 Å². The lowest BCUT2D eigenvalue weighted by Gasteiger charge is -2.51. The maximum atomic E-state index is 12.1. The molecular weight excluding hydrogens is 276 g/mol. The predicted octanol–water partition coefficient (Wildman–Crippen LogP) is 2.26. The summed E-state index contributed by atoms with van der Waals surface area (Å²) < 4.78 is 5.90. The summed E-state index contributed by atoms with van der Waals surface area (Å²) in [5, 5.41) is 6.43. The van der Waals surface area contributed by atoms with E-state index in [2.05, 4.69) is 31.4 Å². The number of nitrogens with one attached hydrogen (secondary N) is 2. The van der Waals surface area contributed by atoms with Crippen molar-refractivity contribution in [2.75, 3.05) is 13.2 Å². The average molecular weight is 305 g/mol. The Bertz CT molecular complexity index is 317. The fourth-order valence-electron chi connectivity index (χ4n) is 2.96. The van der Waals surface area contributed by atoms with Crippen molar-refractivity contribution in [2.24, 2.45) is 5.41 Å². The Hall–Kier alpha value is -0.320. The fourth-order valence-corrected chi connectivity index (χ4v) is 2.96. The Morgan fingerprint density at radius 1 is 1.45 bits per heavy atom. The van der Waals surface area contributed by atoms with Gasteiger partial charge in [0.2, 0.25) is 5.91 Å². The van der Waals surface area contributed by atoms with Gasteiger partial charge >= 0.3 is 0 Å². The SMILES string of the molecule is CCCCOC1CC(NC(=O)C2CCCN2)C1(C)C.Cl. The third-order valence-electron chi connectivity index (χ3n) is 4.69. The standard InChI is InChI=1S/C15H28N2O2.ClH/c1-4-5-9-19-13-10-12(15(13,2)3)17-14(18)11-7-6-8-16-11;/h11-13,16H,4-10H2,1-3H3,(H,17,18);1H. The van der Waals surface area contributed by atoms with Crippen LogP contribution in [0.2, 0.25) is 0 Å². The molecule has 1 saturated heterocycles. The van der Waals surface area contributed by atoms with Crippen LogP contribution in [-0.2, 0) is 9.53 Å². The van der Waals surface area contributed by atoms with Crippen molar-refractivity contribution in [3.05, 3.63) is 0 Å². The summed E-state index contributed by atoms with van der Waals surface area (Å²) in [6.45, 7) is 8.37. The molecule has 0 aromatic carbocycles. The Kier molecular flexibility index (Phi) is 6.76. The number of ether oxygens (including phenoxy) is 1. The summed E-state index contributed by atoms with van der Waals surface area (Å²) in [5.41, 5.74) is 0.0575. The molecule has 4 nitrogen and oxygen atoms in total. The molecule has 20 heavy (non-hydrogen) atoms. The zero-order chi connectivity index (χ0) is 13.9. The zero-order valence-corrected chi connectivity index (χ0v) is 13.7. The van der Waals surface area contributed by atoms with Crippen LogP contribution in [0.3, 0.4) is 0 Å². The number of unbranched alkanes of at least 4 members (excludes halogenated alkanes) is 1. The van der Waals surface area contributed by atoms with Crippen molar-refractivity contribution in [3.63, 3.8) is 0 Å². The number of amides is 1. The Morgan fingerprint density at radius 2 is 2.20 bits per heavy atom. The molecule has 118 valence electrons. The van der Waals surface area contributed by atoms with E-state index in [1.807, 2.05) is 0 Å². The van der Waals surface area contributed by atoms with Gasteiger partial charge in [-0.25, -0.2) is 0 Å². The third kappa shape index (κ3) is 3.86. The van der Waals surface area contributed by atoms with E-state index in [-0.39, 0.29) is 35.8 Å². The van der Waals surface area contributed by atoms with E-state index < -0.39 is 0 Å². The molecule has 5 heteroatoms. The van der Waals surface area contributed by atoms with Gasteiger partial charge < -0.3 is 15.4 Å². The highest BCUT2D eigenvalue weighted by Gasteiger charge is 2.50. The number of carbonyl (C=O) groups is 1. The van der Waals surface area contributed by atoms with Crippen LogP contribution in [0.1, 0.15) is 52.9 Å². The lowest BCUT2D eigenvalue weighted by atomic mass is 9.64. The van der Waals surface area contributed by atoms with Crippen LogP contribution < -0.4 is 10.6 Å². The molecule has 3 unspecified atom stereocenters. The molecule has 2 N–H and O–H groups in total. The maximum absolute atomic E-state index is 12.1. The summed E-state index contributed by atoms with van der Waals surface area (Å²) in [6.07, 6.45) is 5.61. The van der Waals surface area contributed by atoms with Crippen molar-refractivity contribution >= 4 is 18.3 Å². The van der Waals surface area contributed by atoms with Gasteiger partial charge in [0.05, 0.1) is 12.1 Å². The number of rotatable bonds is 6. The van der Waals surface area contributed by atoms with Crippen LogP contribution in [-0.4, -0.2) is 37.2 Å². The van der Waals surface area contributed by atoms with Crippen LogP contribution in [0, 0.1) is 5.41 Å². The third-order valence-corrected chi connectivity index (χ3v) is 4.69. The molecule has 1 amide bonds. The number of hydrogen-bond donors (Lipinski definition) is 2. The van der Waals surface area contributed by atoms with Gasteiger partial charge in [-0.15, -0.1) is 12.4 Å². The highest BCUT2D eigenvalue weighted by Crippen LogP contribution is 2.42. The topological polar surface area (TPSA) is 50.4 Å². The minimum Gasteiger partial charge on any atom is -0.378 e. The van der Waals surface area contributed by atoms with Crippen molar-refractivity contribution in [1.29, 1.82) is 0 Å². The molecule has 3 atom stereocenters. The van der Waals surface area contributed by atoms with Crippen LogP contribution >= 0.6 is 12.4 Å². The molecule has 1 saturated carbocycles. The largest absolute Gasteiger partial charge is 0.378 e. The first-order chi connectivity index (χ1) is 9.05. The van der Waals surface area contributed by atoms with E-state index in [9.17, 15) is 4.79 Å². The molecule has 0 aromatic rings. The summed E-state index contributed by atoms with van der Waals surface area (Å²) in [4.78, 5) is 12.1. The molecule has 1 heterocycles. The van der Waals surface area contributed by atoms with Crippen molar-refractivity contribution in [3.8, 4) is 0 Å². The smallest absolute Gasteiger partial charge is 0.237 e. The van der Waals surface area contributed by atoms with Crippen molar-refractivity contribution in [1.82, 2.24) is 10.6 Å². The minimum absolute atomic E-state index is 0. The van der Waals surface area contributed by atoms with Gasteiger partial charge in [0.15, 0.2) is 0 Å². The second-order valence-corrected chi connectivity index (χ2v) is 6.48. The second-order valence-electron chi connectivity index (χ2n) is 6.48. The quantitative estimate of drug-likeness (QED) is 0.740. The summed E-state index contributed by atoms with van der Waals surface area (Å²) >= 11 is 0. The van der Waals surface area contributed by atoms with E-state index in [4.69, 9.17) is 4.74 Å². The summed E-state index contributed by atoms with van der Waals surface area (Å²) in [7, 11) is 0. The Balaban J connectivity index is 0.00000200.